The third-order valence-electron chi connectivity index (χ3n) is 5.73. The van der Waals surface area contributed by atoms with Crippen LogP contribution >= 0.6 is 0 Å². The molecule has 0 amide bonds. The predicted molar refractivity (Wildman–Crippen MR) is 118 cm³/mol. The fourth-order valence-corrected chi connectivity index (χ4v) is 4.12. The molecule has 0 aromatic heterocycles. The molecule has 1 aliphatic rings. The van der Waals surface area contributed by atoms with Crippen molar-refractivity contribution >= 4 is 0 Å². The van der Waals surface area contributed by atoms with Gasteiger partial charge < -0.3 is 14.6 Å². The number of aliphatic hydroxyl groups excluding tert-OH is 1. The van der Waals surface area contributed by atoms with Crippen LogP contribution in [0.15, 0.2) is 84.9 Å². The van der Waals surface area contributed by atoms with Crippen molar-refractivity contribution in [3.05, 3.63) is 107 Å². The molecule has 7 heteroatoms. The van der Waals surface area contributed by atoms with Gasteiger partial charge in [0.25, 0.3) is 0 Å². The van der Waals surface area contributed by atoms with E-state index in [1.54, 1.807) is 0 Å². The van der Waals surface area contributed by atoms with Crippen LogP contribution in [0.5, 0.6) is 0 Å². The van der Waals surface area contributed by atoms with Crippen LogP contribution in [0.1, 0.15) is 34.4 Å². The standard InChI is InChI=1S/C26H26F3NO3/c27-26(28,29)22-13-7-12-21(16-22)23(18-31)33-25-24(20-10-5-2-6-11-20)30(14-15-32-25)17-19-8-3-1-4-9-19/h1-13,16,23-25,31H,14-15,17-18H2/t23-,24?,25?/m1/s1. The zero-order valence-corrected chi connectivity index (χ0v) is 18.0. The van der Waals surface area contributed by atoms with E-state index >= 15 is 0 Å². The minimum absolute atomic E-state index is 0.253. The number of morpholine rings is 1. The average Bonchev–Trinajstić information content (AvgIpc) is 2.83. The first-order valence-corrected chi connectivity index (χ1v) is 10.8. The maximum atomic E-state index is 13.2. The van der Waals surface area contributed by atoms with Crippen LogP contribution in [-0.4, -0.2) is 36.1 Å². The van der Waals surface area contributed by atoms with Crippen molar-refractivity contribution in [1.29, 1.82) is 0 Å². The molecule has 0 aliphatic carbocycles. The Morgan fingerprint density at radius 1 is 0.970 bits per heavy atom. The summed E-state index contributed by atoms with van der Waals surface area (Å²) in [5, 5.41) is 9.99. The molecule has 4 nitrogen and oxygen atoms in total. The fourth-order valence-electron chi connectivity index (χ4n) is 4.12. The molecule has 1 fully saturated rings. The summed E-state index contributed by atoms with van der Waals surface area (Å²) in [6.07, 6.45) is -6.20. The lowest BCUT2D eigenvalue weighted by molar-refractivity contribution is -0.238. The van der Waals surface area contributed by atoms with Crippen LogP contribution in [0.4, 0.5) is 13.2 Å². The third kappa shape index (κ3) is 5.81. The van der Waals surface area contributed by atoms with Gasteiger partial charge in [-0.25, -0.2) is 0 Å². The van der Waals surface area contributed by atoms with Crippen LogP contribution in [0.2, 0.25) is 0 Å². The summed E-state index contributed by atoms with van der Waals surface area (Å²) in [6, 6.07) is 24.3. The summed E-state index contributed by atoms with van der Waals surface area (Å²) in [4.78, 5) is 2.24. The number of hydrogen-bond acceptors (Lipinski definition) is 4. The van der Waals surface area contributed by atoms with Crippen molar-refractivity contribution in [2.75, 3.05) is 19.8 Å². The number of rotatable bonds is 7. The molecule has 174 valence electrons. The lowest BCUT2D eigenvalue weighted by Crippen LogP contribution is -2.46. The molecular weight excluding hydrogens is 431 g/mol. The van der Waals surface area contributed by atoms with E-state index in [2.05, 4.69) is 4.90 Å². The van der Waals surface area contributed by atoms with Gasteiger partial charge in [-0.3, -0.25) is 4.90 Å². The number of nitrogens with zero attached hydrogens (tertiary/aromatic N) is 1. The van der Waals surface area contributed by atoms with Crippen LogP contribution in [0.3, 0.4) is 0 Å². The Balaban J connectivity index is 1.61. The van der Waals surface area contributed by atoms with E-state index in [4.69, 9.17) is 9.47 Å². The van der Waals surface area contributed by atoms with E-state index in [-0.39, 0.29) is 11.6 Å². The Morgan fingerprint density at radius 2 is 1.67 bits per heavy atom. The van der Waals surface area contributed by atoms with Crippen molar-refractivity contribution in [2.45, 2.75) is 31.2 Å². The zero-order valence-electron chi connectivity index (χ0n) is 18.0. The van der Waals surface area contributed by atoms with E-state index in [1.165, 1.54) is 12.1 Å². The Morgan fingerprint density at radius 3 is 2.33 bits per heavy atom. The highest BCUT2D eigenvalue weighted by molar-refractivity contribution is 5.28. The van der Waals surface area contributed by atoms with Gasteiger partial charge in [0, 0.05) is 13.1 Å². The Kier molecular flexibility index (Phi) is 7.45. The van der Waals surface area contributed by atoms with E-state index < -0.39 is 30.7 Å². The molecule has 0 radical (unpaired) electrons. The minimum atomic E-state index is -4.48. The summed E-state index contributed by atoms with van der Waals surface area (Å²) >= 11 is 0. The Hall–Kier alpha value is -2.71. The second-order valence-corrected chi connectivity index (χ2v) is 7.98. The molecule has 3 aromatic carbocycles. The van der Waals surface area contributed by atoms with E-state index in [0.29, 0.717) is 19.7 Å². The highest BCUT2D eigenvalue weighted by atomic mass is 19.4. The molecule has 1 saturated heterocycles. The summed E-state index contributed by atoms with van der Waals surface area (Å²) < 4.78 is 51.7. The topological polar surface area (TPSA) is 41.9 Å². The highest BCUT2D eigenvalue weighted by Crippen LogP contribution is 2.36. The van der Waals surface area contributed by atoms with Crippen molar-refractivity contribution in [3.63, 3.8) is 0 Å². The minimum Gasteiger partial charge on any atom is -0.393 e. The van der Waals surface area contributed by atoms with Gasteiger partial charge in [0.05, 0.1) is 24.8 Å². The summed E-state index contributed by atoms with van der Waals surface area (Å²) in [5.74, 6) is 0. The number of hydrogen-bond donors (Lipinski definition) is 1. The van der Waals surface area contributed by atoms with Gasteiger partial charge >= 0.3 is 6.18 Å². The number of ether oxygens (including phenoxy) is 2. The van der Waals surface area contributed by atoms with Crippen molar-refractivity contribution < 1.29 is 27.8 Å². The van der Waals surface area contributed by atoms with Gasteiger partial charge in [0.1, 0.15) is 6.10 Å². The second-order valence-electron chi connectivity index (χ2n) is 7.98. The van der Waals surface area contributed by atoms with Gasteiger partial charge in [-0.1, -0.05) is 72.8 Å². The largest absolute Gasteiger partial charge is 0.416 e. The second kappa shape index (κ2) is 10.5. The van der Waals surface area contributed by atoms with Gasteiger partial charge in [-0.05, 0) is 28.8 Å². The van der Waals surface area contributed by atoms with Crippen LogP contribution < -0.4 is 0 Å². The molecule has 3 aromatic rings. The van der Waals surface area contributed by atoms with Crippen LogP contribution in [0.25, 0.3) is 0 Å². The van der Waals surface area contributed by atoms with Crippen LogP contribution in [0, 0.1) is 0 Å². The number of halogens is 3. The number of aliphatic hydroxyl groups is 1. The van der Waals surface area contributed by atoms with Gasteiger partial charge in [-0.15, -0.1) is 0 Å². The SMILES string of the molecule is OC[C@@H](OC1OCCN(Cc2ccccc2)C1c1ccccc1)c1cccc(C(F)(F)F)c1. The first-order chi connectivity index (χ1) is 16.0. The zero-order chi connectivity index (χ0) is 23.3. The molecule has 1 heterocycles. The van der Waals surface area contributed by atoms with E-state index in [1.807, 2.05) is 60.7 Å². The van der Waals surface area contributed by atoms with Gasteiger partial charge in [0.15, 0.2) is 6.29 Å². The molecule has 3 atom stereocenters. The lowest BCUT2D eigenvalue weighted by Gasteiger charge is -2.42. The molecule has 1 N–H and O–H groups in total. The molecule has 0 bridgehead atoms. The maximum absolute atomic E-state index is 13.2. The predicted octanol–water partition coefficient (Wildman–Crippen LogP) is 5.36. The normalized spacial score (nSPS) is 20.5. The molecule has 0 saturated carbocycles. The summed E-state index contributed by atoms with van der Waals surface area (Å²) in [5.41, 5.74) is 1.58. The summed E-state index contributed by atoms with van der Waals surface area (Å²) in [6.45, 7) is 1.27. The highest BCUT2D eigenvalue weighted by Gasteiger charge is 2.37. The van der Waals surface area contributed by atoms with Gasteiger partial charge in [0.2, 0.25) is 0 Å². The number of benzene rings is 3. The van der Waals surface area contributed by atoms with Crippen LogP contribution in [-0.2, 0) is 22.2 Å². The third-order valence-corrected chi connectivity index (χ3v) is 5.73. The smallest absolute Gasteiger partial charge is 0.393 e. The number of alkyl halides is 3. The van der Waals surface area contributed by atoms with E-state index in [9.17, 15) is 18.3 Å². The Labute approximate surface area is 191 Å². The van der Waals surface area contributed by atoms with E-state index in [0.717, 1.165) is 23.3 Å². The molecule has 0 spiro atoms. The molecular formula is C26H26F3NO3. The average molecular weight is 457 g/mol. The molecule has 2 unspecified atom stereocenters. The maximum Gasteiger partial charge on any atom is 0.416 e. The van der Waals surface area contributed by atoms with Crippen molar-refractivity contribution in [2.24, 2.45) is 0 Å². The molecule has 1 aliphatic heterocycles. The lowest BCUT2D eigenvalue weighted by atomic mass is 10.0. The Bertz CT molecular complexity index is 1010. The fraction of sp³-hybridized carbons (Fsp3) is 0.308. The first kappa shape index (κ1) is 23.4. The van der Waals surface area contributed by atoms with Gasteiger partial charge in [-0.2, -0.15) is 13.2 Å². The molecule has 4 rings (SSSR count). The van der Waals surface area contributed by atoms with Crippen molar-refractivity contribution in [3.8, 4) is 0 Å². The summed E-state index contributed by atoms with van der Waals surface area (Å²) in [7, 11) is 0. The first-order valence-electron chi connectivity index (χ1n) is 10.8. The molecule has 33 heavy (non-hydrogen) atoms. The monoisotopic (exact) mass is 457 g/mol. The van der Waals surface area contributed by atoms with Crippen molar-refractivity contribution in [1.82, 2.24) is 4.90 Å². The quantitative estimate of drug-likeness (QED) is 0.519.